The van der Waals surface area contributed by atoms with E-state index in [1.807, 2.05) is 0 Å². The SMILES string of the molecule is C=CCN(CCO)c1nc(C(=O)OC)ccc1[N+](=O)[O-]. The number of esters is 1. The van der Waals surface area contributed by atoms with E-state index in [9.17, 15) is 14.9 Å². The molecule has 8 nitrogen and oxygen atoms in total. The lowest BCUT2D eigenvalue weighted by atomic mass is 10.3. The summed E-state index contributed by atoms with van der Waals surface area (Å²) in [4.78, 5) is 27.3. The normalized spacial score (nSPS) is 9.90. The Hall–Kier alpha value is -2.48. The monoisotopic (exact) mass is 281 g/mol. The van der Waals surface area contributed by atoms with Gasteiger partial charge in [-0.25, -0.2) is 9.78 Å². The Balaban J connectivity index is 3.32. The molecule has 0 aliphatic carbocycles. The summed E-state index contributed by atoms with van der Waals surface area (Å²) >= 11 is 0. The van der Waals surface area contributed by atoms with Gasteiger partial charge >= 0.3 is 11.7 Å². The topological polar surface area (TPSA) is 106 Å². The van der Waals surface area contributed by atoms with Gasteiger partial charge in [0.15, 0.2) is 5.69 Å². The van der Waals surface area contributed by atoms with Crippen LogP contribution >= 0.6 is 0 Å². The van der Waals surface area contributed by atoms with E-state index in [2.05, 4.69) is 16.3 Å². The molecule has 1 aromatic rings. The molecule has 8 heteroatoms. The van der Waals surface area contributed by atoms with Crippen molar-refractivity contribution in [2.75, 3.05) is 31.7 Å². The number of nitro groups is 1. The summed E-state index contributed by atoms with van der Waals surface area (Å²) in [5.41, 5.74) is -0.298. The first-order chi connectivity index (χ1) is 9.54. The number of pyridine rings is 1. The predicted molar refractivity (Wildman–Crippen MR) is 71.7 cm³/mol. The Bertz CT molecular complexity index is 518. The quantitative estimate of drug-likeness (QED) is 0.340. The van der Waals surface area contributed by atoms with Crippen LogP contribution in [0.25, 0.3) is 0 Å². The van der Waals surface area contributed by atoms with Gasteiger partial charge in [0.05, 0.1) is 18.6 Å². The van der Waals surface area contributed by atoms with E-state index in [-0.39, 0.29) is 36.9 Å². The molecule has 0 saturated heterocycles. The highest BCUT2D eigenvalue weighted by Gasteiger charge is 2.23. The van der Waals surface area contributed by atoms with Gasteiger partial charge in [0, 0.05) is 19.2 Å². The molecule has 1 heterocycles. The number of carbonyl (C=O) groups excluding carboxylic acids is 1. The second kappa shape index (κ2) is 7.19. The van der Waals surface area contributed by atoms with Gasteiger partial charge in [0.2, 0.25) is 5.82 Å². The number of aliphatic hydroxyl groups excluding tert-OH is 1. The third kappa shape index (κ3) is 3.51. The number of aromatic nitrogens is 1. The van der Waals surface area contributed by atoms with E-state index in [1.54, 1.807) is 0 Å². The molecule has 0 spiro atoms. The van der Waals surface area contributed by atoms with Gasteiger partial charge < -0.3 is 14.7 Å². The second-order valence-electron chi connectivity index (χ2n) is 3.75. The standard InChI is InChI=1S/C12H15N3O5/c1-3-6-14(7-8-16)11-10(15(18)19)5-4-9(13-11)12(17)20-2/h3-5,16H,1,6-8H2,2H3. The third-order valence-electron chi connectivity index (χ3n) is 2.46. The first-order valence-electron chi connectivity index (χ1n) is 5.75. The van der Waals surface area contributed by atoms with Crippen molar-refractivity contribution in [3.05, 3.63) is 40.6 Å². The maximum absolute atomic E-state index is 11.4. The van der Waals surface area contributed by atoms with Crippen molar-refractivity contribution in [1.82, 2.24) is 4.98 Å². The number of methoxy groups -OCH3 is 1. The number of rotatable bonds is 7. The zero-order valence-corrected chi connectivity index (χ0v) is 11.0. The molecule has 20 heavy (non-hydrogen) atoms. The average molecular weight is 281 g/mol. The van der Waals surface area contributed by atoms with Crippen LogP contribution in [0.3, 0.4) is 0 Å². The number of carbonyl (C=O) groups is 1. The van der Waals surface area contributed by atoms with Crippen LogP contribution < -0.4 is 4.90 Å². The number of aliphatic hydroxyl groups is 1. The molecular weight excluding hydrogens is 266 g/mol. The molecule has 1 N–H and O–H groups in total. The van der Waals surface area contributed by atoms with Crippen LogP contribution in [0.15, 0.2) is 24.8 Å². The van der Waals surface area contributed by atoms with E-state index in [0.717, 1.165) is 0 Å². The first-order valence-corrected chi connectivity index (χ1v) is 5.75. The summed E-state index contributed by atoms with van der Waals surface area (Å²) < 4.78 is 4.53. The Morgan fingerprint density at radius 2 is 2.35 bits per heavy atom. The summed E-state index contributed by atoms with van der Waals surface area (Å²) in [5.74, 6) is -0.699. The molecule has 1 rings (SSSR count). The first kappa shape index (κ1) is 15.6. The maximum Gasteiger partial charge on any atom is 0.356 e. The molecule has 0 amide bonds. The second-order valence-corrected chi connectivity index (χ2v) is 3.75. The smallest absolute Gasteiger partial charge is 0.356 e. The van der Waals surface area contributed by atoms with Gasteiger partial charge in [-0.2, -0.15) is 0 Å². The van der Waals surface area contributed by atoms with E-state index < -0.39 is 10.9 Å². The third-order valence-corrected chi connectivity index (χ3v) is 2.46. The van der Waals surface area contributed by atoms with Gasteiger partial charge in [-0.15, -0.1) is 6.58 Å². The minimum atomic E-state index is -0.691. The molecule has 0 fully saturated rings. The molecule has 0 bridgehead atoms. The molecule has 0 aliphatic rings. The Kier molecular flexibility index (Phi) is 5.60. The highest BCUT2D eigenvalue weighted by molar-refractivity contribution is 5.88. The number of hydrogen-bond donors (Lipinski definition) is 1. The fraction of sp³-hybridized carbons (Fsp3) is 0.333. The van der Waals surface area contributed by atoms with Gasteiger partial charge in [-0.1, -0.05) is 6.08 Å². The zero-order chi connectivity index (χ0) is 15.1. The lowest BCUT2D eigenvalue weighted by Gasteiger charge is -2.20. The number of ether oxygens (including phenoxy) is 1. The van der Waals surface area contributed by atoms with Crippen LogP contribution in [0.5, 0.6) is 0 Å². The van der Waals surface area contributed by atoms with Crippen molar-refractivity contribution in [2.24, 2.45) is 0 Å². The summed E-state index contributed by atoms with van der Waals surface area (Å²) in [6, 6.07) is 2.40. The molecule has 0 aliphatic heterocycles. The van der Waals surface area contributed by atoms with Crippen molar-refractivity contribution >= 4 is 17.5 Å². The van der Waals surface area contributed by atoms with Gasteiger partial charge in [0.25, 0.3) is 0 Å². The van der Waals surface area contributed by atoms with Crippen LogP contribution in [0.2, 0.25) is 0 Å². The number of nitrogens with zero attached hydrogens (tertiary/aromatic N) is 3. The lowest BCUT2D eigenvalue weighted by Crippen LogP contribution is -2.29. The number of hydrogen-bond acceptors (Lipinski definition) is 7. The molecular formula is C12H15N3O5. The summed E-state index contributed by atoms with van der Waals surface area (Å²) in [5, 5.41) is 20.0. The molecule has 108 valence electrons. The Labute approximate surface area is 115 Å². The zero-order valence-electron chi connectivity index (χ0n) is 11.0. The highest BCUT2D eigenvalue weighted by atomic mass is 16.6. The average Bonchev–Trinajstić information content (AvgIpc) is 2.45. The van der Waals surface area contributed by atoms with Crippen molar-refractivity contribution in [3.8, 4) is 0 Å². The molecule has 0 aromatic carbocycles. The minimum absolute atomic E-state index is 0.00755. The van der Waals surface area contributed by atoms with Crippen LogP contribution in [-0.2, 0) is 4.74 Å². The minimum Gasteiger partial charge on any atom is -0.464 e. The van der Waals surface area contributed by atoms with E-state index in [4.69, 9.17) is 5.11 Å². The predicted octanol–water partition coefficient (Wildman–Crippen LogP) is 0.761. The molecule has 0 atom stereocenters. The van der Waals surface area contributed by atoms with E-state index in [0.29, 0.717) is 0 Å². The highest BCUT2D eigenvalue weighted by Crippen LogP contribution is 2.26. The van der Waals surface area contributed by atoms with Gasteiger partial charge in [0.1, 0.15) is 0 Å². The fourth-order valence-corrected chi connectivity index (χ4v) is 1.59. The van der Waals surface area contributed by atoms with Crippen LogP contribution in [-0.4, -0.2) is 47.8 Å². The van der Waals surface area contributed by atoms with E-state index in [1.165, 1.54) is 30.2 Å². The van der Waals surface area contributed by atoms with Crippen LogP contribution in [0.1, 0.15) is 10.5 Å². The van der Waals surface area contributed by atoms with Crippen molar-refractivity contribution in [3.63, 3.8) is 0 Å². The molecule has 0 unspecified atom stereocenters. The Morgan fingerprint density at radius 3 is 2.85 bits per heavy atom. The summed E-state index contributed by atoms with van der Waals surface area (Å²) in [6.45, 7) is 3.71. The maximum atomic E-state index is 11.4. The summed E-state index contributed by atoms with van der Waals surface area (Å²) in [6.07, 6.45) is 1.52. The largest absolute Gasteiger partial charge is 0.464 e. The van der Waals surface area contributed by atoms with Gasteiger partial charge in [-0.05, 0) is 6.07 Å². The molecule has 0 radical (unpaired) electrons. The van der Waals surface area contributed by atoms with Crippen LogP contribution in [0.4, 0.5) is 11.5 Å². The van der Waals surface area contributed by atoms with Crippen LogP contribution in [0, 0.1) is 10.1 Å². The Morgan fingerprint density at radius 1 is 1.65 bits per heavy atom. The summed E-state index contributed by atoms with van der Waals surface area (Å²) in [7, 11) is 1.19. The number of anilines is 1. The fourth-order valence-electron chi connectivity index (χ4n) is 1.59. The van der Waals surface area contributed by atoms with Gasteiger partial charge in [-0.3, -0.25) is 10.1 Å². The van der Waals surface area contributed by atoms with Crippen molar-refractivity contribution in [1.29, 1.82) is 0 Å². The van der Waals surface area contributed by atoms with Crippen molar-refractivity contribution in [2.45, 2.75) is 0 Å². The lowest BCUT2D eigenvalue weighted by molar-refractivity contribution is -0.384. The van der Waals surface area contributed by atoms with E-state index >= 15 is 0 Å². The molecule has 1 aromatic heterocycles. The van der Waals surface area contributed by atoms with Crippen molar-refractivity contribution < 1.29 is 19.6 Å². The molecule has 0 saturated carbocycles.